The van der Waals surface area contributed by atoms with Crippen molar-refractivity contribution < 1.29 is 26.7 Å². The minimum atomic E-state index is -5.85. The smallest absolute Gasteiger partial charge is 0.287 e. The lowest BCUT2D eigenvalue weighted by atomic mass is 10.1. The highest BCUT2D eigenvalue weighted by Gasteiger charge is 2.61. The van der Waals surface area contributed by atoms with E-state index in [0.717, 1.165) is 11.3 Å². The van der Waals surface area contributed by atoms with E-state index in [9.17, 15) is 26.7 Å². The van der Waals surface area contributed by atoms with Gasteiger partial charge in [-0.3, -0.25) is 4.79 Å². The maximum atomic E-state index is 13.4. The third kappa shape index (κ3) is 2.57. The summed E-state index contributed by atoms with van der Waals surface area (Å²) in [6.07, 6.45) is -5.85. The Bertz CT molecular complexity index is 635. The van der Waals surface area contributed by atoms with Gasteiger partial charge in [0.05, 0.1) is 4.88 Å². The molecule has 2 aromatic heterocycles. The van der Waals surface area contributed by atoms with E-state index >= 15 is 0 Å². The van der Waals surface area contributed by atoms with Crippen LogP contribution in [0.4, 0.5) is 22.0 Å². The third-order valence-corrected chi connectivity index (χ3v) is 4.23. The van der Waals surface area contributed by atoms with Gasteiger partial charge in [0.15, 0.2) is 4.47 Å². The van der Waals surface area contributed by atoms with Crippen LogP contribution in [0.1, 0.15) is 20.2 Å². The molecule has 0 atom stereocenters. The molecule has 20 heavy (non-hydrogen) atoms. The number of hydrogen-bond acceptors (Lipinski definition) is 4. The van der Waals surface area contributed by atoms with Crippen LogP contribution in [-0.2, 0) is 5.92 Å². The number of alkyl halides is 5. The molecule has 0 N–H and O–H groups in total. The highest BCUT2D eigenvalue weighted by molar-refractivity contribution is 7.19. The van der Waals surface area contributed by atoms with Crippen molar-refractivity contribution in [3.05, 3.63) is 37.4 Å². The van der Waals surface area contributed by atoms with Gasteiger partial charge in [0.25, 0.3) is 0 Å². The Morgan fingerprint density at radius 2 is 1.90 bits per heavy atom. The summed E-state index contributed by atoms with van der Waals surface area (Å²) in [5, 5.41) is 1.50. The molecule has 0 amide bonds. The minimum Gasteiger partial charge on any atom is -0.287 e. The van der Waals surface area contributed by atoms with Crippen molar-refractivity contribution in [2.45, 2.75) is 12.1 Å². The number of carbonyl (C=O) groups excluding carboxylic acids is 1. The molecule has 0 aliphatic heterocycles. The highest BCUT2D eigenvalue weighted by Crippen LogP contribution is 2.46. The van der Waals surface area contributed by atoms with Gasteiger partial charge in [-0.05, 0) is 11.4 Å². The van der Waals surface area contributed by atoms with E-state index in [1.165, 1.54) is 17.5 Å². The number of rotatable bonds is 3. The molecule has 0 saturated heterocycles. The second kappa shape index (κ2) is 5.05. The Morgan fingerprint density at radius 3 is 2.40 bits per heavy atom. The molecule has 0 aromatic carbocycles. The van der Waals surface area contributed by atoms with E-state index in [1.54, 1.807) is 0 Å². The molecule has 0 bridgehead atoms. The SMILES string of the molecule is O=C(c1cccs1)c1sc(Cl)nc1C(F)(F)C(F)(F)F. The summed E-state index contributed by atoms with van der Waals surface area (Å²) < 4.78 is 63.3. The first kappa shape index (κ1) is 15.3. The topological polar surface area (TPSA) is 30.0 Å². The van der Waals surface area contributed by atoms with E-state index in [-0.39, 0.29) is 4.88 Å². The Morgan fingerprint density at radius 1 is 1.25 bits per heavy atom. The van der Waals surface area contributed by atoms with Crippen LogP contribution in [0.5, 0.6) is 0 Å². The molecule has 2 heterocycles. The van der Waals surface area contributed by atoms with Crippen molar-refractivity contribution in [1.82, 2.24) is 4.98 Å². The average molecular weight is 348 g/mol. The predicted octanol–water partition coefficient (Wildman–Crippen LogP) is 4.74. The van der Waals surface area contributed by atoms with Crippen LogP contribution in [0.2, 0.25) is 4.47 Å². The maximum Gasteiger partial charge on any atom is 0.459 e. The Kier molecular flexibility index (Phi) is 3.87. The lowest BCUT2D eigenvalue weighted by Gasteiger charge is -2.18. The summed E-state index contributed by atoms with van der Waals surface area (Å²) in [5.74, 6) is -6.19. The second-order valence-corrected chi connectivity index (χ2v) is 6.05. The average Bonchev–Trinajstić information content (AvgIpc) is 2.95. The number of halogens is 6. The fraction of sp³-hybridized carbons (Fsp3) is 0.200. The van der Waals surface area contributed by atoms with Crippen LogP contribution in [0.15, 0.2) is 17.5 Å². The first-order chi connectivity index (χ1) is 9.14. The molecule has 2 aromatic rings. The van der Waals surface area contributed by atoms with E-state index in [4.69, 9.17) is 11.6 Å². The van der Waals surface area contributed by atoms with Gasteiger partial charge in [-0.25, -0.2) is 4.98 Å². The van der Waals surface area contributed by atoms with Gasteiger partial charge in [0, 0.05) is 0 Å². The summed E-state index contributed by atoms with van der Waals surface area (Å²) in [5.41, 5.74) is -1.65. The summed E-state index contributed by atoms with van der Waals surface area (Å²) in [6.45, 7) is 0. The molecule has 0 spiro atoms. The van der Waals surface area contributed by atoms with E-state index in [0.29, 0.717) is 11.3 Å². The molecule has 0 radical (unpaired) electrons. The molecule has 2 nitrogen and oxygen atoms in total. The molecular weight excluding hydrogens is 345 g/mol. The molecule has 0 unspecified atom stereocenters. The van der Waals surface area contributed by atoms with Crippen molar-refractivity contribution in [2.24, 2.45) is 0 Å². The third-order valence-electron chi connectivity index (χ3n) is 2.21. The van der Waals surface area contributed by atoms with E-state index in [2.05, 4.69) is 4.98 Å². The molecule has 0 aliphatic rings. The monoisotopic (exact) mass is 347 g/mol. The number of hydrogen-bond donors (Lipinski definition) is 0. The summed E-state index contributed by atoms with van der Waals surface area (Å²) in [6, 6.07) is 2.79. The largest absolute Gasteiger partial charge is 0.459 e. The van der Waals surface area contributed by atoms with Crippen molar-refractivity contribution in [3.63, 3.8) is 0 Å². The van der Waals surface area contributed by atoms with Gasteiger partial charge >= 0.3 is 12.1 Å². The van der Waals surface area contributed by atoms with Crippen molar-refractivity contribution in [3.8, 4) is 0 Å². The van der Waals surface area contributed by atoms with Crippen molar-refractivity contribution in [1.29, 1.82) is 0 Å². The summed E-state index contributed by atoms with van der Waals surface area (Å²) >= 11 is 6.60. The second-order valence-electron chi connectivity index (χ2n) is 3.52. The van der Waals surface area contributed by atoms with Gasteiger partial charge < -0.3 is 0 Å². The van der Waals surface area contributed by atoms with Gasteiger partial charge in [-0.1, -0.05) is 29.0 Å². The van der Waals surface area contributed by atoms with Gasteiger partial charge in [0.2, 0.25) is 5.78 Å². The minimum absolute atomic E-state index is 0.0320. The van der Waals surface area contributed by atoms with Crippen LogP contribution >= 0.6 is 34.3 Å². The van der Waals surface area contributed by atoms with Crippen LogP contribution < -0.4 is 0 Å². The molecule has 2 rings (SSSR count). The fourth-order valence-electron chi connectivity index (χ4n) is 1.31. The van der Waals surface area contributed by atoms with Gasteiger partial charge in [-0.15, -0.1) is 11.3 Å². The number of thiazole rings is 1. The lowest BCUT2D eigenvalue weighted by Crippen LogP contribution is -2.35. The van der Waals surface area contributed by atoms with Crippen LogP contribution in [0, 0.1) is 0 Å². The number of ketones is 1. The lowest BCUT2D eigenvalue weighted by molar-refractivity contribution is -0.290. The highest BCUT2D eigenvalue weighted by atomic mass is 35.5. The normalized spacial score (nSPS) is 12.7. The number of nitrogens with zero attached hydrogens (tertiary/aromatic N) is 1. The first-order valence-electron chi connectivity index (χ1n) is 4.84. The van der Waals surface area contributed by atoms with Gasteiger partial charge in [-0.2, -0.15) is 22.0 Å². The Balaban J connectivity index is 2.55. The number of thiophene rings is 1. The molecular formula is C10H3ClF5NOS2. The quantitative estimate of drug-likeness (QED) is 0.593. The Labute approximate surface area is 121 Å². The molecule has 10 heteroatoms. The van der Waals surface area contributed by atoms with Crippen LogP contribution in [0.25, 0.3) is 0 Å². The maximum absolute atomic E-state index is 13.4. The predicted molar refractivity (Wildman–Crippen MR) is 64.8 cm³/mol. The molecule has 0 fully saturated rings. The fourth-order valence-corrected chi connectivity index (χ4v) is 3.14. The summed E-state index contributed by atoms with van der Waals surface area (Å²) in [7, 11) is 0. The van der Waals surface area contributed by atoms with Crippen molar-refractivity contribution in [2.75, 3.05) is 0 Å². The van der Waals surface area contributed by atoms with Gasteiger partial charge in [0.1, 0.15) is 10.6 Å². The number of aromatic nitrogens is 1. The zero-order chi connectivity index (χ0) is 15.1. The number of carbonyl (C=O) groups is 1. The zero-order valence-corrected chi connectivity index (χ0v) is 11.6. The Hall–Kier alpha value is -1.06. The first-order valence-corrected chi connectivity index (χ1v) is 6.91. The molecule has 108 valence electrons. The molecule has 0 saturated carbocycles. The van der Waals surface area contributed by atoms with Crippen LogP contribution in [0.3, 0.4) is 0 Å². The molecule has 0 aliphatic carbocycles. The van der Waals surface area contributed by atoms with E-state index < -0.39 is 32.9 Å². The zero-order valence-electron chi connectivity index (χ0n) is 9.17. The van der Waals surface area contributed by atoms with Crippen LogP contribution in [-0.4, -0.2) is 16.9 Å². The summed E-state index contributed by atoms with van der Waals surface area (Å²) in [4.78, 5) is 14.1. The van der Waals surface area contributed by atoms with Crippen molar-refractivity contribution >= 4 is 40.1 Å². The van der Waals surface area contributed by atoms with E-state index in [1.807, 2.05) is 0 Å². The standard InChI is InChI=1S/C10H3ClF5NOS2/c11-8-17-7(9(12,13)10(14,15)16)6(20-8)5(18)4-2-1-3-19-4/h1-3H.